The van der Waals surface area contributed by atoms with Gasteiger partial charge in [-0.1, -0.05) is 13.8 Å². The summed E-state index contributed by atoms with van der Waals surface area (Å²) in [7, 11) is 0. The van der Waals surface area contributed by atoms with Crippen LogP contribution < -0.4 is 10.1 Å². The van der Waals surface area contributed by atoms with Gasteiger partial charge in [0.1, 0.15) is 23.4 Å². The van der Waals surface area contributed by atoms with Crippen molar-refractivity contribution in [2.24, 2.45) is 0 Å². The van der Waals surface area contributed by atoms with Crippen molar-refractivity contribution >= 4 is 5.91 Å². The van der Waals surface area contributed by atoms with Gasteiger partial charge in [0, 0.05) is 29.4 Å². The van der Waals surface area contributed by atoms with Gasteiger partial charge in [-0.25, -0.2) is 9.37 Å². The molecule has 3 heterocycles. The monoisotopic (exact) mass is 409 g/mol. The van der Waals surface area contributed by atoms with E-state index in [9.17, 15) is 9.18 Å². The molecule has 7 nitrogen and oxygen atoms in total. The molecule has 1 atom stereocenters. The molecule has 8 heteroatoms. The number of amides is 1. The lowest BCUT2D eigenvalue weighted by molar-refractivity contribution is 0.0928. The molecular weight excluding hydrogens is 385 g/mol. The van der Waals surface area contributed by atoms with E-state index in [0.29, 0.717) is 34.8 Å². The second-order valence-corrected chi connectivity index (χ2v) is 7.90. The van der Waals surface area contributed by atoms with Crippen molar-refractivity contribution in [3.8, 4) is 17.0 Å². The van der Waals surface area contributed by atoms with Gasteiger partial charge in [0.05, 0.1) is 23.6 Å². The first kappa shape index (κ1) is 20.0. The summed E-state index contributed by atoms with van der Waals surface area (Å²) in [6.07, 6.45) is 1.87. The van der Waals surface area contributed by atoms with E-state index < -0.39 is 0 Å². The Bertz CT molecular complexity index is 1110. The standard InChI is InChI=1S/C22H24FN5O2/c1-11(2)18-8-19(28-27-18)22(29)25-10-16-6-14-5-15(23)7-17(21(14)30-16)20-13(4)24-9-12(3)26-20/h5,7-9,11,16H,6,10H2,1-4H3,(H,25,29)(H,27,28)/t16-/m0/s1. The Morgan fingerprint density at radius 3 is 2.87 bits per heavy atom. The van der Waals surface area contributed by atoms with E-state index in [1.807, 2.05) is 27.7 Å². The third-order valence-electron chi connectivity index (χ3n) is 5.14. The minimum atomic E-state index is -0.350. The maximum absolute atomic E-state index is 14.3. The fraction of sp³-hybridized carbons (Fsp3) is 0.364. The van der Waals surface area contributed by atoms with E-state index >= 15 is 0 Å². The number of hydrogen-bond donors (Lipinski definition) is 2. The molecule has 0 saturated heterocycles. The molecule has 0 aliphatic carbocycles. The highest BCUT2D eigenvalue weighted by Crippen LogP contribution is 2.39. The fourth-order valence-corrected chi connectivity index (χ4v) is 3.52. The summed E-state index contributed by atoms with van der Waals surface area (Å²) in [5.74, 6) is 0.232. The Morgan fingerprint density at radius 2 is 2.13 bits per heavy atom. The highest BCUT2D eigenvalue weighted by atomic mass is 19.1. The van der Waals surface area contributed by atoms with Gasteiger partial charge in [0.2, 0.25) is 0 Å². The van der Waals surface area contributed by atoms with Crippen molar-refractivity contribution < 1.29 is 13.9 Å². The average molecular weight is 409 g/mol. The summed E-state index contributed by atoms with van der Waals surface area (Å²) < 4.78 is 20.4. The van der Waals surface area contributed by atoms with Crippen LogP contribution in [0.1, 0.15) is 52.9 Å². The molecule has 3 aromatic rings. The third kappa shape index (κ3) is 3.90. The average Bonchev–Trinajstić information content (AvgIpc) is 3.34. The predicted octanol–water partition coefficient (Wildman–Crippen LogP) is 3.48. The van der Waals surface area contributed by atoms with Crippen LogP contribution >= 0.6 is 0 Å². The molecule has 2 N–H and O–H groups in total. The quantitative estimate of drug-likeness (QED) is 0.673. The van der Waals surface area contributed by atoms with Crippen LogP contribution in [-0.4, -0.2) is 38.7 Å². The van der Waals surface area contributed by atoms with E-state index in [2.05, 4.69) is 25.5 Å². The Morgan fingerprint density at radius 1 is 1.33 bits per heavy atom. The van der Waals surface area contributed by atoms with E-state index in [4.69, 9.17) is 4.74 Å². The summed E-state index contributed by atoms with van der Waals surface area (Å²) >= 11 is 0. The molecule has 0 saturated carbocycles. The first-order valence-electron chi connectivity index (χ1n) is 9.95. The molecule has 0 spiro atoms. The number of nitrogens with one attached hydrogen (secondary N) is 2. The molecule has 0 fully saturated rings. The molecule has 156 valence electrons. The summed E-state index contributed by atoms with van der Waals surface area (Å²) in [4.78, 5) is 21.3. The Kier molecular flexibility index (Phi) is 5.24. The van der Waals surface area contributed by atoms with Crippen molar-refractivity contribution in [3.63, 3.8) is 0 Å². The molecule has 0 unspecified atom stereocenters. The smallest absolute Gasteiger partial charge is 0.271 e. The van der Waals surface area contributed by atoms with Crippen molar-refractivity contribution in [3.05, 3.63) is 58.6 Å². The minimum Gasteiger partial charge on any atom is -0.487 e. The third-order valence-corrected chi connectivity index (χ3v) is 5.14. The lowest BCUT2D eigenvalue weighted by Gasteiger charge is -2.14. The van der Waals surface area contributed by atoms with Crippen molar-refractivity contribution in [2.75, 3.05) is 6.54 Å². The van der Waals surface area contributed by atoms with Gasteiger partial charge in [0.15, 0.2) is 0 Å². The zero-order valence-corrected chi connectivity index (χ0v) is 17.4. The molecule has 0 bridgehead atoms. The van der Waals surface area contributed by atoms with Crippen LogP contribution in [0.3, 0.4) is 0 Å². The van der Waals surface area contributed by atoms with E-state index in [-0.39, 0.29) is 30.3 Å². The summed E-state index contributed by atoms with van der Waals surface area (Å²) in [6.45, 7) is 8.01. The molecule has 0 radical (unpaired) electrons. The van der Waals surface area contributed by atoms with E-state index in [1.165, 1.54) is 12.1 Å². The molecule has 4 rings (SSSR count). The second-order valence-electron chi connectivity index (χ2n) is 7.90. The fourth-order valence-electron chi connectivity index (χ4n) is 3.52. The van der Waals surface area contributed by atoms with Crippen LogP contribution in [0.25, 0.3) is 11.3 Å². The number of aromatic nitrogens is 4. The zero-order valence-electron chi connectivity index (χ0n) is 17.4. The second kappa shape index (κ2) is 7.85. The summed E-state index contributed by atoms with van der Waals surface area (Å²) in [6, 6.07) is 4.65. The Balaban J connectivity index is 1.50. The number of hydrogen-bond acceptors (Lipinski definition) is 5. The molecular formula is C22H24FN5O2. The molecule has 1 aliphatic heterocycles. The molecule has 1 amide bonds. The van der Waals surface area contributed by atoms with Crippen molar-refractivity contribution in [1.82, 2.24) is 25.5 Å². The van der Waals surface area contributed by atoms with Crippen LogP contribution in [0, 0.1) is 19.7 Å². The first-order chi connectivity index (χ1) is 14.3. The van der Waals surface area contributed by atoms with Crippen LogP contribution in [0.5, 0.6) is 5.75 Å². The molecule has 2 aromatic heterocycles. The first-order valence-corrected chi connectivity index (χ1v) is 9.95. The van der Waals surface area contributed by atoms with Crippen molar-refractivity contribution in [2.45, 2.75) is 46.1 Å². The number of aromatic amines is 1. The molecule has 1 aromatic carbocycles. The lowest BCUT2D eigenvalue weighted by Crippen LogP contribution is -2.34. The number of H-pyrrole nitrogens is 1. The number of carbonyl (C=O) groups is 1. The highest BCUT2D eigenvalue weighted by molar-refractivity contribution is 5.92. The number of rotatable bonds is 5. The van der Waals surface area contributed by atoms with Gasteiger partial charge in [-0.3, -0.25) is 14.9 Å². The van der Waals surface area contributed by atoms with Gasteiger partial charge in [0.25, 0.3) is 5.91 Å². The summed E-state index contributed by atoms with van der Waals surface area (Å²) in [5.41, 5.74) is 4.64. The summed E-state index contributed by atoms with van der Waals surface area (Å²) in [5, 5.41) is 9.79. The van der Waals surface area contributed by atoms with Crippen LogP contribution in [0.15, 0.2) is 24.4 Å². The van der Waals surface area contributed by atoms with E-state index in [1.54, 1.807) is 12.3 Å². The topological polar surface area (TPSA) is 92.8 Å². The van der Waals surface area contributed by atoms with Gasteiger partial charge in [-0.2, -0.15) is 5.10 Å². The SMILES string of the molecule is Cc1cnc(C)c(-c2cc(F)cc3c2O[C@H](CNC(=O)c2cc(C(C)C)[nH]n2)C3)n1. The molecule has 30 heavy (non-hydrogen) atoms. The van der Waals surface area contributed by atoms with Crippen LogP contribution in [0.2, 0.25) is 0 Å². The predicted molar refractivity (Wildman–Crippen MR) is 110 cm³/mol. The number of halogens is 1. The van der Waals surface area contributed by atoms with Crippen LogP contribution in [-0.2, 0) is 6.42 Å². The lowest BCUT2D eigenvalue weighted by atomic mass is 10.0. The number of aryl methyl sites for hydroxylation is 2. The van der Waals surface area contributed by atoms with Gasteiger partial charge in [-0.05, 0) is 38.0 Å². The largest absolute Gasteiger partial charge is 0.487 e. The maximum Gasteiger partial charge on any atom is 0.271 e. The highest BCUT2D eigenvalue weighted by Gasteiger charge is 2.29. The number of carbonyl (C=O) groups excluding carboxylic acids is 1. The van der Waals surface area contributed by atoms with Gasteiger partial charge < -0.3 is 10.1 Å². The maximum atomic E-state index is 14.3. The number of ether oxygens (including phenoxy) is 1. The van der Waals surface area contributed by atoms with E-state index in [0.717, 1.165) is 17.0 Å². The Labute approximate surface area is 174 Å². The number of benzene rings is 1. The number of fused-ring (bicyclic) bond motifs is 1. The van der Waals surface area contributed by atoms with Gasteiger partial charge in [-0.15, -0.1) is 0 Å². The minimum absolute atomic E-state index is 0.258. The van der Waals surface area contributed by atoms with Gasteiger partial charge >= 0.3 is 0 Å². The number of nitrogens with zero attached hydrogens (tertiary/aromatic N) is 3. The zero-order chi connectivity index (χ0) is 21.4. The van der Waals surface area contributed by atoms with Crippen molar-refractivity contribution in [1.29, 1.82) is 0 Å². The Hall–Kier alpha value is -3.29. The molecule has 1 aliphatic rings. The van der Waals surface area contributed by atoms with Crippen LogP contribution in [0.4, 0.5) is 4.39 Å². The normalized spacial score (nSPS) is 15.2.